The average Bonchev–Trinajstić information content (AvgIpc) is 2.81. The van der Waals surface area contributed by atoms with Gasteiger partial charge in [0.15, 0.2) is 12.8 Å². The Morgan fingerprint density at radius 3 is 2.25 bits per heavy atom. The molecule has 3 rings (SSSR count). The second-order valence-corrected chi connectivity index (χ2v) is 7.87. The van der Waals surface area contributed by atoms with Crippen molar-refractivity contribution in [2.45, 2.75) is 17.5 Å². The molecule has 32 heavy (non-hydrogen) atoms. The highest BCUT2D eigenvalue weighted by Crippen LogP contribution is 2.35. The molecule has 0 heterocycles. The van der Waals surface area contributed by atoms with E-state index in [0.29, 0.717) is 22.6 Å². The molecule has 0 amide bonds. The highest BCUT2D eigenvalue weighted by Gasteiger charge is 2.25. The van der Waals surface area contributed by atoms with E-state index in [1.165, 1.54) is 17.8 Å². The van der Waals surface area contributed by atoms with E-state index < -0.39 is 25.2 Å². The maximum Gasteiger partial charge on any atom is 0.341 e. The van der Waals surface area contributed by atoms with Crippen molar-refractivity contribution in [3.8, 4) is 5.75 Å². The number of thioether (sulfide) groups is 1. The van der Waals surface area contributed by atoms with Crippen molar-refractivity contribution in [2.75, 3.05) is 12.4 Å². The summed E-state index contributed by atoms with van der Waals surface area (Å²) in [4.78, 5) is 11.5. The minimum atomic E-state index is -3.11. The van der Waals surface area contributed by atoms with Crippen molar-refractivity contribution in [2.24, 2.45) is 0 Å². The standard InChI is InChI=1S/C25H21F3O3S/c26-24(25(27)28)22-9-5-4-8-21(22)20(17-6-2-1-3-7-17)14-15-32-19-12-10-18(11-13-19)31-16-23(29)30/h1-14,24-25H,15-16H2,(H,29,30). The number of benzene rings is 3. The molecule has 3 nitrogen and oxygen atoms in total. The first kappa shape index (κ1) is 23.5. The van der Waals surface area contributed by atoms with Crippen molar-refractivity contribution < 1.29 is 27.8 Å². The van der Waals surface area contributed by atoms with Crippen LogP contribution in [-0.4, -0.2) is 29.9 Å². The maximum absolute atomic E-state index is 14.3. The Bertz CT molecular complexity index is 1050. The SMILES string of the molecule is O=C(O)COc1ccc(SCC=C(c2ccccc2)c2ccccc2C(F)C(F)F)cc1. The van der Waals surface area contributed by atoms with E-state index in [-0.39, 0.29) is 5.56 Å². The van der Waals surface area contributed by atoms with Gasteiger partial charge in [0.2, 0.25) is 0 Å². The molecular weight excluding hydrogens is 437 g/mol. The lowest BCUT2D eigenvalue weighted by Crippen LogP contribution is -2.09. The van der Waals surface area contributed by atoms with E-state index in [2.05, 4.69) is 0 Å². The van der Waals surface area contributed by atoms with Gasteiger partial charge in [-0.15, -0.1) is 11.8 Å². The minimum Gasteiger partial charge on any atom is -0.482 e. The molecule has 1 atom stereocenters. The summed E-state index contributed by atoms with van der Waals surface area (Å²) in [6, 6.07) is 22.5. The highest BCUT2D eigenvalue weighted by molar-refractivity contribution is 7.99. The van der Waals surface area contributed by atoms with Crippen LogP contribution in [0.2, 0.25) is 0 Å². The monoisotopic (exact) mass is 458 g/mol. The number of aliphatic carboxylic acids is 1. The van der Waals surface area contributed by atoms with Gasteiger partial charge in [0.25, 0.3) is 6.43 Å². The fourth-order valence-corrected chi connectivity index (χ4v) is 3.89. The van der Waals surface area contributed by atoms with Crippen molar-refractivity contribution >= 4 is 23.3 Å². The second-order valence-electron chi connectivity index (χ2n) is 6.77. The fourth-order valence-electron chi connectivity index (χ4n) is 3.12. The molecule has 0 aliphatic carbocycles. The number of hydrogen-bond donors (Lipinski definition) is 1. The van der Waals surface area contributed by atoms with E-state index in [1.807, 2.05) is 36.4 Å². The first-order valence-corrected chi connectivity index (χ1v) is 10.8. The maximum atomic E-state index is 14.3. The van der Waals surface area contributed by atoms with Gasteiger partial charge in [-0.3, -0.25) is 0 Å². The van der Waals surface area contributed by atoms with Crippen LogP contribution in [0.1, 0.15) is 22.9 Å². The topological polar surface area (TPSA) is 46.5 Å². The van der Waals surface area contributed by atoms with Crippen LogP contribution in [0.25, 0.3) is 5.57 Å². The first-order chi connectivity index (χ1) is 15.5. The van der Waals surface area contributed by atoms with E-state index >= 15 is 0 Å². The van der Waals surface area contributed by atoms with Crippen molar-refractivity contribution in [3.05, 3.63) is 102 Å². The van der Waals surface area contributed by atoms with Crippen LogP contribution in [0.5, 0.6) is 5.75 Å². The van der Waals surface area contributed by atoms with E-state index in [0.717, 1.165) is 10.5 Å². The van der Waals surface area contributed by atoms with Gasteiger partial charge in [0.05, 0.1) is 0 Å². The zero-order chi connectivity index (χ0) is 22.9. The Labute approximate surface area is 188 Å². The summed E-state index contributed by atoms with van der Waals surface area (Å²) in [5.74, 6) is -0.0867. The van der Waals surface area contributed by atoms with Gasteiger partial charge in [-0.1, -0.05) is 60.7 Å². The summed E-state index contributed by atoms with van der Waals surface area (Å²) in [5.41, 5.74) is 1.88. The van der Waals surface area contributed by atoms with Crippen LogP contribution in [0.3, 0.4) is 0 Å². The van der Waals surface area contributed by atoms with Crippen LogP contribution in [0.4, 0.5) is 13.2 Å². The number of hydrogen-bond acceptors (Lipinski definition) is 3. The first-order valence-electron chi connectivity index (χ1n) is 9.80. The molecule has 0 aromatic heterocycles. The van der Waals surface area contributed by atoms with E-state index in [9.17, 15) is 18.0 Å². The number of carboxylic acids is 1. The number of alkyl halides is 3. The van der Waals surface area contributed by atoms with Gasteiger partial charge in [-0.2, -0.15) is 0 Å². The molecule has 0 radical (unpaired) electrons. The Morgan fingerprint density at radius 2 is 1.59 bits per heavy atom. The Kier molecular flexibility index (Phi) is 8.39. The highest BCUT2D eigenvalue weighted by atomic mass is 32.2. The molecule has 0 saturated heterocycles. The third kappa shape index (κ3) is 6.40. The van der Waals surface area contributed by atoms with Crippen LogP contribution in [0.15, 0.2) is 89.8 Å². The lowest BCUT2D eigenvalue weighted by molar-refractivity contribution is -0.139. The largest absolute Gasteiger partial charge is 0.482 e. The number of carboxylic acid groups (broad SMARTS) is 1. The number of carbonyl (C=O) groups is 1. The smallest absolute Gasteiger partial charge is 0.341 e. The summed E-state index contributed by atoms with van der Waals surface area (Å²) < 4.78 is 45.7. The molecule has 1 unspecified atom stereocenters. The molecule has 7 heteroatoms. The molecule has 3 aromatic rings. The summed E-state index contributed by atoms with van der Waals surface area (Å²) in [6.45, 7) is -0.413. The summed E-state index contributed by atoms with van der Waals surface area (Å²) in [6.07, 6.45) is -3.58. The predicted octanol–water partition coefficient (Wildman–Crippen LogP) is 6.65. The van der Waals surface area contributed by atoms with Gasteiger partial charge in [0, 0.05) is 10.6 Å². The van der Waals surface area contributed by atoms with Crippen molar-refractivity contribution in [1.29, 1.82) is 0 Å². The molecule has 0 saturated carbocycles. The van der Waals surface area contributed by atoms with Crippen LogP contribution in [0, 0.1) is 0 Å². The third-order valence-corrected chi connectivity index (χ3v) is 5.52. The average molecular weight is 459 g/mol. The quantitative estimate of drug-likeness (QED) is 0.346. The number of ether oxygens (including phenoxy) is 1. The van der Waals surface area contributed by atoms with Gasteiger partial charge in [0.1, 0.15) is 5.75 Å². The molecule has 1 N–H and O–H groups in total. The molecule has 0 spiro atoms. The second kappa shape index (κ2) is 11.4. The Balaban J connectivity index is 1.83. The summed E-state index contributed by atoms with van der Waals surface area (Å²) in [7, 11) is 0. The molecule has 3 aromatic carbocycles. The summed E-state index contributed by atoms with van der Waals surface area (Å²) >= 11 is 1.50. The molecular formula is C25H21F3O3S. The fraction of sp³-hybridized carbons (Fsp3) is 0.160. The molecule has 166 valence electrons. The molecule has 0 fully saturated rings. The van der Waals surface area contributed by atoms with Gasteiger partial charge < -0.3 is 9.84 Å². The van der Waals surface area contributed by atoms with Crippen LogP contribution in [-0.2, 0) is 4.79 Å². The minimum absolute atomic E-state index is 0.0393. The lowest BCUT2D eigenvalue weighted by atomic mass is 9.92. The molecule has 0 aliphatic rings. The molecule has 0 aliphatic heterocycles. The zero-order valence-electron chi connectivity index (χ0n) is 17.0. The zero-order valence-corrected chi connectivity index (χ0v) is 17.8. The van der Waals surface area contributed by atoms with Crippen molar-refractivity contribution in [1.82, 2.24) is 0 Å². The predicted molar refractivity (Wildman–Crippen MR) is 120 cm³/mol. The number of rotatable bonds is 10. The van der Waals surface area contributed by atoms with E-state index in [4.69, 9.17) is 9.84 Å². The van der Waals surface area contributed by atoms with Crippen molar-refractivity contribution in [3.63, 3.8) is 0 Å². The Hall–Kier alpha value is -3.19. The third-order valence-electron chi connectivity index (χ3n) is 4.58. The van der Waals surface area contributed by atoms with Gasteiger partial charge in [-0.05, 0) is 46.5 Å². The van der Waals surface area contributed by atoms with E-state index in [1.54, 1.807) is 42.5 Å². The van der Waals surface area contributed by atoms with Crippen LogP contribution >= 0.6 is 11.8 Å². The Morgan fingerprint density at radius 1 is 0.938 bits per heavy atom. The summed E-state index contributed by atoms with van der Waals surface area (Å²) in [5, 5.41) is 8.67. The molecule has 0 bridgehead atoms. The van der Waals surface area contributed by atoms with Gasteiger partial charge >= 0.3 is 5.97 Å². The van der Waals surface area contributed by atoms with Gasteiger partial charge in [-0.25, -0.2) is 18.0 Å². The normalized spacial score (nSPS) is 12.6. The number of halogens is 3. The lowest BCUT2D eigenvalue weighted by Gasteiger charge is -2.16. The van der Waals surface area contributed by atoms with Crippen LogP contribution < -0.4 is 4.74 Å².